The molecule has 8 heteroatoms. The molecular formula is C19H29F2N5O. The number of likely N-dealkylation sites (tertiary alicyclic amines) is 1. The molecule has 1 N–H and O–H groups in total. The third kappa shape index (κ3) is 4.09. The van der Waals surface area contributed by atoms with Gasteiger partial charge in [-0.2, -0.15) is 10.1 Å². The normalized spacial score (nSPS) is 29.0. The number of nitrogens with zero attached hydrogens (tertiary/aromatic N) is 4. The lowest BCUT2D eigenvalue weighted by Crippen LogP contribution is -2.48. The molecule has 150 valence electrons. The van der Waals surface area contributed by atoms with Gasteiger partial charge in [0.15, 0.2) is 0 Å². The van der Waals surface area contributed by atoms with Crippen LogP contribution in [-0.2, 0) is 4.79 Å². The highest BCUT2D eigenvalue weighted by Gasteiger charge is 2.39. The van der Waals surface area contributed by atoms with E-state index in [1.807, 2.05) is 4.90 Å². The van der Waals surface area contributed by atoms with E-state index < -0.39 is 12.5 Å². The van der Waals surface area contributed by atoms with Gasteiger partial charge in [-0.1, -0.05) is 25.7 Å². The van der Waals surface area contributed by atoms with E-state index >= 15 is 0 Å². The number of amides is 1. The van der Waals surface area contributed by atoms with Crippen molar-refractivity contribution in [2.45, 2.75) is 76.3 Å². The standard InChI is InChI=1S/C19H29F2N5O/c20-18(21)16-10-15(24-19-22-12-23-26(16)19)14-6-3-9-25(11-14)17(27)8-7-13-4-1-2-5-13/h12-16,18H,1-11H2,(H,22,23,24)/t14-,15+,16-/m1/s1. The van der Waals surface area contributed by atoms with Gasteiger partial charge in [0.2, 0.25) is 11.9 Å². The summed E-state index contributed by atoms with van der Waals surface area (Å²) in [7, 11) is 0. The number of piperidine rings is 1. The lowest BCUT2D eigenvalue weighted by molar-refractivity contribution is -0.133. The SMILES string of the molecule is O=C(CCC1CCCC1)N1CCC[C@@H]([C@@H]2C[C@H](C(F)F)n3ncnc3N2)C1. The zero-order valence-electron chi connectivity index (χ0n) is 15.7. The quantitative estimate of drug-likeness (QED) is 0.848. The molecule has 4 rings (SSSR count). The number of hydrogen-bond donors (Lipinski definition) is 1. The molecular weight excluding hydrogens is 352 g/mol. The Morgan fingerprint density at radius 2 is 2.07 bits per heavy atom. The van der Waals surface area contributed by atoms with Crippen LogP contribution >= 0.6 is 0 Å². The first kappa shape index (κ1) is 18.6. The molecule has 1 saturated heterocycles. The Bertz CT molecular complexity index is 646. The van der Waals surface area contributed by atoms with Gasteiger partial charge in [-0.15, -0.1) is 0 Å². The first-order valence-corrected chi connectivity index (χ1v) is 10.3. The summed E-state index contributed by atoms with van der Waals surface area (Å²) in [5.74, 6) is 1.55. The fraction of sp³-hybridized carbons (Fsp3) is 0.842. The molecule has 3 heterocycles. The summed E-state index contributed by atoms with van der Waals surface area (Å²) < 4.78 is 28.3. The van der Waals surface area contributed by atoms with Crippen molar-refractivity contribution in [3.05, 3.63) is 6.33 Å². The third-order valence-electron chi connectivity index (χ3n) is 6.61. The van der Waals surface area contributed by atoms with Crippen LogP contribution in [-0.4, -0.2) is 51.1 Å². The van der Waals surface area contributed by atoms with Gasteiger partial charge < -0.3 is 10.2 Å². The van der Waals surface area contributed by atoms with Crippen LogP contribution in [0.1, 0.15) is 63.8 Å². The first-order chi connectivity index (χ1) is 13.1. The van der Waals surface area contributed by atoms with E-state index in [9.17, 15) is 13.6 Å². The molecule has 0 aromatic carbocycles. The summed E-state index contributed by atoms with van der Waals surface area (Å²) >= 11 is 0. The van der Waals surface area contributed by atoms with Crippen molar-refractivity contribution in [3.63, 3.8) is 0 Å². The summed E-state index contributed by atoms with van der Waals surface area (Å²) in [4.78, 5) is 18.7. The number of aromatic nitrogens is 3. The van der Waals surface area contributed by atoms with Crippen LogP contribution < -0.4 is 5.32 Å². The van der Waals surface area contributed by atoms with Crippen molar-refractivity contribution >= 4 is 11.9 Å². The van der Waals surface area contributed by atoms with Crippen LogP contribution in [0.15, 0.2) is 6.33 Å². The molecule has 2 fully saturated rings. The monoisotopic (exact) mass is 381 g/mol. The smallest absolute Gasteiger partial charge is 0.260 e. The highest BCUT2D eigenvalue weighted by molar-refractivity contribution is 5.76. The van der Waals surface area contributed by atoms with Gasteiger partial charge in [0.1, 0.15) is 12.4 Å². The van der Waals surface area contributed by atoms with Crippen molar-refractivity contribution in [1.29, 1.82) is 0 Å². The van der Waals surface area contributed by atoms with E-state index in [4.69, 9.17) is 0 Å². The van der Waals surface area contributed by atoms with Gasteiger partial charge >= 0.3 is 0 Å². The lowest BCUT2D eigenvalue weighted by atomic mass is 9.86. The average molecular weight is 381 g/mol. The Morgan fingerprint density at radius 1 is 1.26 bits per heavy atom. The number of nitrogens with one attached hydrogen (secondary N) is 1. The second-order valence-corrected chi connectivity index (χ2v) is 8.35. The highest BCUT2D eigenvalue weighted by atomic mass is 19.3. The van der Waals surface area contributed by atoms with Crippen LogP contribution in [0, 0.1) is 11.8 Å². The van der Waals surface area contributed by atoms with Crippen molar-refractivity contribution in [2.75, 3.05) is 18.4 Å². The number of fused-ring (bicyclic) bond motifs is 1. The summed E-state index contributed by atoms with van der Waals surface area (Å²) in [6.45, 7) is 1.45. The molecule has 3 aliphatic rings. The van der Waals surface area contributed by atoms with Crippen molar-refractivity contribution in [3.8, 4) is 0 Å². The maximum Gasteiger partial charge on any atom is 0.260 e. The van der Waals surface area contributed by atoms with Gasteiger partial charge in [0, 0.05) is 25.6 Å². The molecule has 1 saturated carbocycles. The molecule has 1 aromatic heterocycles. The van der Waals surface area contributed by atoms with Crippen molar-refractivity contribution < 1.29 is 13.6 Å². The molecule has 6 nitrogen and oxygen atoms in total. The molecule has 0 bridgehead atoms. The van der Waals surface area contributed by atoms with E-state index in [0.29, 0.717) is 31.3 Å². The van der Waals surface area contributed by atoms with E-state index in [0.717, 1.165) is 25.8 Å². The van der Waals surface area contributed by atoms with Crippen LogP contribution in [0.5, 0.6) is 0 Å². The molecule has 2 aliphatic heterocycles. The van der Waals surface area contributed by atoms with Gasteiger partial charge in [0.25, 0.3) is 6.43 Å². The molecule has 0 radical (unpaired) electrons. The van der Waals surface area contributed by atoms with E-state index in [1.54, 1.807) is 0 Å². The van der Waals surface area contributed by atoms with Gasteiger partial charge in [-0.05, 0) is 37.5 Å². The molecule has 27 heavy (non-hydrogen) atoms. The number of halogens is 2. The van der Waals surface area contributed by atoms with Gasteiger partial charge in [0.05, 0.1) is 0 Å². The van der Waals surface area contributed by atoms with Gasteiger partial charge in [-0.3, -0.25) is 4.79 Å². The number of rotatable bonds is 5. The van der Waals surface area contributed by atoms with Crippen LogP contribution in [0.25, 0.3) is 0 Å². The minimum absolute atomic E-state index is 0.0915. The summed E-state index contributed by atoms with van der Waals surface area (Å²) in [6.07, 6.45) is 7.81. The molecule has 3 atom stereocenters. The predicted octanol–water partition coefficient (Wildman–Crippen LogP) is 3.48. The number of carbonyl (C=O) groups excluding carboxylic acids is 1. The van der Waals surface area contributed by atoms with Crippen molar-refractivity contribution in [2.24, 2.45) is 11.8 Å². The van der Waals surface area contributed by atoms with E-state index in [1.165, 1.54) is 36.7 Å². The summed E-state index contributed by atoms with van der Waals surface area (Å²) in [6, 6.07) is -1.03. The zero-order chi connectivity index (χ0) is 18.8. The van der Waals surface area contributed by atoms with Crippen LogP contribution in [0.4, 0.5) is 14.7 Å². The van der Waals surface area contributed by atoms with Crippen molar-refractivity contribution in [1.82, 2.24) is 19.7 Å². The zero-order valence-corrected chi connectivity index (χ0v) is 15.7. The van der Waals surface area contributed by atoms with Crippen LogP contribution in [0.3, 0.4) is 0 Å². The lowest BCUT2D eigenvalue weighted by Gasteiger charge is -2.40. The molecule has 1 aliphatic carbocycles. The molecule has 1 amide bonds. The van der Waals surface area contributed by atoms with Gasteiger partial charge in [-0.25, -0.2) is 13.5 Å². The Morgan fingerprint density at radius 3 is 2.85 bits per heavy atom. The van der Waals surface area contributed by atoms with E-state index in [-0.39, 0.29) is 17.9 Å². The van der Waals surface area contributed by atoms with E-state index in [2.05, 4.69) is 15.4 Å². The minimum Gasteiger partial charge on any atom is -0.351 e. The Kier molecular flexibility index (Phi) is 5.59. The number of hydrogen-bond acceptors (Lipinski definition) is 4. The fourth-order valence-electron chi connectivity index (χ4n) is 5.05. The Labute approximate surface area is 158 Å². The fourth-order valence-corrected chi connectivity index (χ4v) is 5.05. The summed E-state index contributed by atoms with van der Waals surface area (Å²) in [5.41, 5.74) is 0. The maximum atomic E-state index is 13.5. The number of carbonyl (C=O) groups is 1. The topological polar surface area (TPSA) is 63.1 Å². The average Bonchev–Trinajstić information content (AvgIpc) is 3.36. The Hall–Kier alpha value is -1.73. The maximum absolute atomic E-state index is 13.5. The predicted molar refractivity (Wildman–Crippen MR) is 97.6 cm³/mol. The Balaban J connectivity index is 1.36. The number of anilines is 1. The third-order valence-corrected chi connectivity index (χ3v) is 6.61. The first-order valence-electron chi connectivity index (χ1n) is 10.3. The highest BCUT2D eigenvalue weighted by Crippen LogP contribution is 2.35. The van der Waals surface area contributed by atoms with Crippen LogP contribution in [0.2, 0.25) is 0 Å². The molecule has 0 unspecified atom stereocenters. The molecule has 0 spiro atoms. The number of alkyl halides is 2. The second-order valence-electron chi connectivity index (χ2n) is 8.35. The summed E-state index contributed by atoms with van der Waals surface area (Å²) in [5, 5.41) is 7.23. The molecule has 1 aromatic rings. The second kappa shape index (κ2) is 8.10. The largest absolute Gasteiger partial charge is 0.351 e. The minimum atomic E-state index is -2.47.